The first-order valence-electron chi connectivity index (χ1n) is 6.36. The molecule has 0 fully saturated rings. The quantitative estimate of drug-likeness (QED) is 0.838. The number of anilines is 1. The molecule has 1 aromatic heterocycles. The molecule has 0 bridgehead atoms. The topological polar surface area (TPSA) is 54.3 Å². The largest absolute Gasteiger partial charge is 0.384 e. The predicted molar refractivity (Wildman–Crippen MR) is 83.5 cm³/mol. The number of carbonyl (C=O) groups excluding carboxylic acids is 1. The number of nitrogens with zero attached hydrogens (tertiary/aromatic N) is 1. The fourth-order valence-corrected chi connectivity index (χ4v) is 2.03. The van der Waals surface area contributed by atoms with Gasteiger partial charge in [-0.1, -0.05) is 23.4 Å². The lowest BCUT2D eigenvalue weighted by atomic mass is 10.2. The van der Waals surface area contributed by atoms with Crippen molar-refractivity contribution in [3.63, 3.8) is 0 Å². The molecule has 1 amide bonds. The molecule has 0 saturated heterocycles. The minimum absolute atomic E-state index is 0.215. The molecule has 21 heavy (non-hydrogen) atoms. The third-order valence-corrected chi connectivity index (χ3v) is 3.46. The Bertz CT molecular complexity index is 738. The van der Waals surface area contributed by atoms with Gasteiger partial charge in [-0.2, -0.15) is 0 Å². The third-order valence-electron chi connectivity index (χ3n) is 3.13. The Kier molecular flexibility index (Phi) is 4.69. The monoisotopic (exact) mass is 302 g/mol. The first-order valence-corrected chi connectivity index (χ1v) is 6.73. The maximum absolute atomic E-state index is 12.3. The fourth-order valence-electron chi connectivity index (χ4n) is 1.87. The zero-order valence-electron chi connectivity index (χ0n) is 11.8. The molecule has 0 spiro atoms. The average molecular weight is 303 g/mol. The molecule has 2 rings (SSSR count). The highest BCUT2D eigenvalue weighted by Crippen LogP contribution is 2.23. The van der Waals surface area contributed by atoms with Gasteiger partial charge < -0.3 is 15.0 Å². The minimum atomic E-state index is -0.236. The lowest BCUT2D eigenvalue weighted by Crippen LogP contribution is -2.16. The number of aryl methyl sites for hydroxylation is 1. The first-order chi connectivity index (χ1) is 10.0. The number of nitrogens with one attached hydrogen (secondary N) is 1. The molecule has 2 aromatic rings. The number of carbonyl (C=O) groups is 1. The summed E-state index contributed by atoms with van der Waals surface area (Å²) >= 11 is 6.09. The van der Waals surface area contributed by atoms with E-state index in [1.807, 2.05) is 20.0 Å². The predicted octanol–water partition coefficient (Wildman–Crippen LogP) is 2.58. The van der Waals surface area contributed by atoms with E-state index in [0.29, 0.717) is 22.0 Å². The molecule has 5 heteroatoms. The number of benzene rings is 1. The van der Waals surface area contributed by atoms with Gasteiger partial charge in [-0.15, -0.1) is 0 Å². The van der Waals surface area contributed by atoms with E-state index in [9.17, 15) is 4.79 Å². The van der Waals surface area contributed by atoms with Gasteiger partial charge in [-0.3, -0.25) is 4.79 Å². The maximum atomic E-state index is 12.3. The second-order valence-corrected chi connectivity index (χ2v) is 4.93. The van der Waals surface area contributed by atoms with Crippen LogP contribution >= 0.6 is 11.6 Å². The van der Waals surface area contributed by atoms with E-state index in [0.717, 1.165) is 5.69 Å². The van der Waals surface area contributed by atoms with Crippen molar-refractivity contribution in [2.45, 2.75) is 6.92 Å². The molecule has 0 aliphatic rings. The van der Waals surface area contributed by atoms with Crippen LogP contribution in [0.1, 0.15) is 21.7 Å². The van der Waals surface area contributed by atoms with Crippen molar-refractivity contribution in [3.05, 3.63) is 52.3 Å². The van der Waals surface area contributed by atoms with E-state index in [1.54, 1.807) is 28.8 Å². The van der Waals surface area contributed by atoms with Gasteiger partial charge in [-0.05, 0) is 37.3 Å². The summed E-state index contributed by atoms with van der Waals surface area (Å²) in [7, 11) is 1.83. The number of aliphatic hydroxyl groups excluding tert-OH is 1. The van der Waals surface area contributed by atoms with Crippen molar-refractivity contribution in [3.8, 4) is 11.8 Å². The number of hydrogen-bond acceptors (Lipinski definition) is 2. The van der Waals surface area contributed by atoms with Crippen LogP contribution in [-0.2, 0) is 7.05 Å². The molecule has 108 valence electrons. The number of aliphatic hydroxyl groups is 1. The lowest BCUT2D eigenvalue weighted by molar-refractivity contribution is 0.101. The molecule has 1 heterocycles. The Morgan fingerprint density at radius 2 is 2.14 bits per heavy atom. The summed E-state index contributed by atoms with van der Waals surface area (Å²) in [6.07, 6.45) is 0. The van der Waals surface area contributed by atoms with Crippen LogP contribution in [0, 0.1) is 18.8 Å². The summed E-state index contributed by atoms with van der Waals surface area (Å²) in [6, 6.07) is 8.70. The highest BCUT2D eigenvalue weighted by molar-refractivity contribution is 6.34. The molecule has 0 saturated carbocycles. The molecule has 0 aliphatic carbocycles. The van der Waals surface area contributed by atoms with Gasteiger partial charge in [0, 0.05) is 18.3 Å². The van der Waals surface area contributed by atoms with Gasteiger partial charge in [0.25, 0.3) is 5.91 Å². The smallest absolute Gasteiger partial charge is 0.272 e. The molecule has 0 atom stereocenters. The van der Waals surface area contributed by atoms with Gasteiger partial charge in [0.05, 0.1) is 10.7 Å². The van der Waals surface area contributed by atoms with Crippen LogP contribution in [0.3, 0.4) is 0 Å². The van der Waals surface area contributed by atoms with Crippen molar-refractivity contribution in [2.24, 2.45) is 7.05 Å². The summed E-state index contributed by atoms with van der Waals surface area (Å²) in [5, 5.41) is 11.9. The standard InChI is InChI=1S/C16H15ClN2O2/c1-11-5-8-15(19(11)2)16(21)18-14-10-12(4-3-9-20)6-7-13(14)17/h5-8,10,20H,9H2,1-2H3,(H,18,21). The normalized spacial score (nSPS) is 9.90. The van der Waals surface area contributed by atoms with Gasteiger partial charge in [0.1, 0.15) is 12.3 Å². The Labute approximate surface area is 128 Å². The van der Waals surface area contributed by atoms with Crippen molar-refractivity contribution < 1.29 is 9.90 Å². The van der Waals surface area contributed by atoms with Crippen LogP contribution in [0.15, 0.2) is 30.3 Å². The molecular weight excluding hydrogens is 288 g/mol. The van der Waals surface area contributed by atoms with Crippen LogP contribution < -0.4 is 5.32 Å². The number of amides is 1. The minimum Gasteiger partial charge on any atom is -0.384 e. The third kappa shape index (κ3) is 3.46. The van der Waals surface area contributed by atoms with E-state index >= 15 is 0 Å². The summed E-state index contributed by atoms with van der Waals surface area (Å²) in [5.41, 5.74) is 2.71. The van der Waals surface area contributed by atoms with Crippen LogP contribution in [-0.4, -0.2) is 22.2 Å². The molecule has 1 aromatic carbocycles. The highest BCUT2D eigenvalue weighted by atomic mass is 35.5. The van der Waals surface area contributed by atoms with Gasteiger partial charge in [-0.25, -0.2) is 0 Å². The Balaban J connectivity index is 2.26. The van der Waals surface area contributed by atoms with Crippen molar-refractivity contribution in [1.82, 2.24) is 4.57 Å². The second-order valence-electron chi connectivity index (χ2n) is 4.53. The summed E-state index contributed by atoms with van der Waals surface area (Å²) < 4.78 is 1.80. The van der Waals surface area contributed by atoms with Crippen molar-refractivity contribution in [2.75, 3.05) is 11.9 Å². The number of hydrogen-bond donors (Lipinski definition) is 2. The van der Waals surface area contributed by atoms with Crippen molar-refractivity contribution >= 4 is 23.2 Å². The fraction of sp³-hybridized carbons (Fsp3) is 0.188. The van der Waals surface area contributed by atoms with Gasteiger partial charge in [0.2, 0.25) is 0 Å². The van der Waals surface area contributed by atoms with E-state index in [2.05, 4.69) is 17.2 Å². The lowest BCUT2D eigenvalue weighted by Gasteiger charge is -2.09. The maximum Gasteiger partial charge on any atom is 0.272 e. The van der Waals surface area contributed by atoms with E-state index in [-0.39, 0.29) is 12.5 Å². The number of rotatable bonds is 2. The molecule has 0 unspecified atom stereocenters. The van der Waals surface area contributed by atoms with Crippen molar-refractivity contribution in [1.29, 1.82) is 0 Å². The van der Waals surface area contributed by atoms with E-state index < -0.39 is 0 Å². The number of aromatic nitrogens is 1. The molecule has 4 nitrogen and oxygen atoms in total. The zero-order valence-corrected chi connectivity index (χ0v) is 12.5. The van der Waals surface area contributed by atoms with Gasteiger partial charge >= 0.3 is 0 Å². The summed E-state index contributed by atoms with van der Waals surface area (Å²) in [6.45, 7) is 1.71. The Morgan fingerprint density at radius 3 is 2.76 bits per heavy atom. The Hall–Kier alpha value is -2.22. The average Bonchev–Trinajstić information content (AvgIpc) is 2.80. The summed E-state index contributed by atoms with van der Waals surface area (Å²) in [5.74, 6) is 5.09. The number of halogens is 1. The van der Waals surface area contributed by atoms with Crippen LogP contribution in [0.5, 0.6) is 0 Å². The summed E-state index contributed by atoms with van der Waals surface area (Å²) in [4.78, 5) is 12.3. The molecule has 0 radical (unpaired) electrons. The highest BCUT2D eigenvalue weighted by Gasteiger charge is 2.12. The van der Waals surface area contributed by atoms with Crippen LogP contribution in [0.2, 0.25) is 5.02 Å². The first kappa shape index (κ1) is 15.2. The SMILES string of the molecule is Cc1ccc(C(=O)Nc2cc(C#CCO)ccc2Cl)n1C. The molecule has 0 aliphatic heterocycles. The zero-order chi connectivity index (χ0) is 15.4. The Morgan fingerprint density at radius 1 is 1.38 bits per heavy atom. The van der Waals surface area contributed by atoms with Crippen LogP contribution in [0.25, 0.3) is 0 Å². The molecule has 2 N–H and O–H groups in total. The van der Waals surface area contributed by atoms with Gasteiger partial charge in [0.15, 0.2) is 0 Å². The van der Waals surface area contributed by atoms with E-state index in [1.165, 1.54) is 0 Å². The van der Waals surface area contributed by atoms with E-state index in [4.69, 9.17) is 16.7 Å². The van der Waals surface area contributed by atoms with Crippen LogP contribution in [0.4, 0.5) is 5.69 Å². The molecular formula is C16H15ClN2O2. The second kappa shape index (κ2) is 6.49.